The summed E-state index contributed by atoms with van der Waals surface area (Å²) in [5.41, 5.74) is 0. The Morgan fingerprint density at radius 3 is 1.91 bits per heavy atom. The molecular weight excluding hydrogens is 152 g/mol. The minimum absolute atomic E-state index is 0.338. The number of rotatable bonds is 2. The van der Waals surface area contributed by atoms with E-state index in [1.807, 2.05) is 13.8 Å². The van der Waals surface area contributed by atoms with E-state index in [9.17, 15) is 13.6 Å². The molecule has 0 saturated carbocycles. The smallest absolute Gasteiger partial charge is 0.255 e. The van der Waals surface area contributed by atoms with Crippen LogP contribution in [0.1, 0.15) is 20.8 Å². The zero-order chi connectivity index (χ0) is 9.44. The van der Waals surface area contributed by atoms with Gasteiger partial charge in [0.2, 0.25) is 5.91 Å². The molecule has 0 N–H and O–H groups in total. The summed E-state index contributed by atoms with van der Waals surface area (Å²) in [4.78, 5) is 11.2. The molecule has 0 aliphatic carbocycles. The molecule has 0 aromatic heterocycles. The maximum absolute atomic E-state index is 11.5. The summed E-state index contributed by atoms with van der Waals surface area (Å²) in [6.07, 6.45) is -2.43. The van der Waals surface area contributed by atoms with Gasteiger partial charge in [-0.05, 0) is 0 Å². The molecule has 0 aromatic rings. The molecule has 11 heavy (non-hydrogen) atoms. The van der Waals surface area contributed by atoms with Crippen molar-refractivity contribution in [2.45, 2.75) is 27.2 Å². The van der Waals surface area contributed by atoms with Crippen LogP contribution in [-0.2, 0) is 4.79 Å². The molecule has 0 aromatic carbocycles. The highest BCUT2D eigenvalue weighted by Gasteiger charge is 2.08. The van der Waals surface area contributed by atoms with Crippen LogP contribution in [0.15, 0.2) is 0 Å². The molecule has 0 bridgehead atoms. The van der Waals surface area contributed by atoms with Gasteiger partial charge in [0.15, 0.2) is 0 Å². The van der Waals surface area contributed by atoms with Crippen molar-refractivity contribution in [1.29, 1.82) is 0 Å². The summed E-state index contributed by atoms with van der Waals surface area (Å²) in [6, 6.07) is 0. The number of alkyl halides is 2. The van der Waals surface area contributed by atoms with E-state index in [0.717, 1.165) is 4.90 Å². The summed E-state index contributed by atoms with van der Waals surface area (Å²) < 4.78 is 22.9. The predicted molar refractivity (Wildman–Crippen MR) is 40.7 cm³/mol. The van der Waals surface area contributed by atoms with Crippen LogP contribution in [0.5, 0.6) is 0 Å². The monoisotopic (exact) mass is 167 g/mol. The largest absolute Gasteiger partial charge is 0.340 e. The average Bonchev–Trinajstić information content (AvgIpc) is 1.90. The first kappa shape index (κ1) is 13.0. The third-order valence-corrected chi connectivity index (χ3v) is 0.949. The summed E-state index contributed by atoms with van der Waals surface area (Å²) >= 11 is 0. The molecule has 0 atom stereocenters. The second-order valence-electron chi connectivity index (χ2n) is 1.79. The highest BCUT2D eigenvalue weighted by molar-refractivity contribution is 5.72. The lowest BCUT2D eigenvalue weighted by Gasteiger charge is -2.12. The van der Waals surface area contributed by atoms with E-state index in [1.54, 1.807) is 0 Å². The molecule has 0 aliphatic rings. The molecular formula is C7H15F2NO. The number of carbonyl (C=O) groups is 1. The minimum Gasteiger partial charge on any atom is -0.340 e. The molecule has 0 fully saturated rings. The maximum Gasteiger partial charge on any atom is 0.255 e. The fraction of sp³-hybridized carbons (Fsp3) is 0.857. The van der Waals surface area contributed by atoms with Crippen molar-refractivity contribution in [1.82, 2.24) is 4.90 Å². The van der Waals surface area contributed by atoms with Gasteiger partial charge in [0.25, 0.3) is 6.43 Å². The van der Waals surface area contributed by atoms with Crippen LogP contribution in [0.3, 0.4) is 0 Å². The third-order valence-electron chi connectivity index (χ3n) is 0.949. The number of nitrogens with zero attached hydrogens (tertiary/aromatic N) is 1. The normalized spacial score (nSPS) is 8.64. The third kappa shape index (κ3) is 9.33. The van der Waals surface area contributed by atoms with Gasteiger partial charge in [-0.15, -0.1) is 0 Å². The lowest BCUT2D eigenvalue weighted by molar-refractivity contribution is -0.129. The Morgan fingerprint density at radius 1 is 1.45 bits per heavy atom. The Balaban J connectivity index is 0. The molecule has 4 heteroatoms. The van der Waals surface area contributed by atoms with Crippen LogP contribution in [0.2, 0.25) is 0 Å². The summed E-state index contributed by atoms with van der Waals surface area (Å²) in [5.74, 6) is -0.338. The molecule has 0 aliphatic heterocycles. The highest BCUT2D eigenvalue weighted by Crippen LogP contribution is 1.94. The van der Waals surface area contributed by atoms with Crippen LogP contribution >= 0.6 is 0 Å². The van der Waals surface area contributed by atoms with Crippen molar-refractivity contribution in [3.8, 4) is 0 Å². The molecule has 68 valence electrons. The van der Waals surface area contributed by atoms with E-state index in [0.29, 0.717) is 0 Å². The van der Waals surface area contributed by atoms with Crippen molar-refractivity contribution in [2.75, 3.05) is 13.6 Å². The van der Waals surface area contributed by atoms with Crippen molar-refractivity contribution in [3.05, 3.63) is 0 Å². The number of hydrogen-bond donors (Lipinski definition) is 0. The van der Waals surface area contributed by atoms with Crippen LogP contribution in [0, 0.1) is 0 Å². The van der Waals surface area contributed by atoms with Crippen molar-refractivity contribution in [2.24, 2.45) is 0 Å². The van der Waals surface area contributed by atoms with Crippen LogP contribution in [0.25, 0.3) is 0 Å². The summed E-state index contributed by atoms with van der Waals surface area (Å²) in [5, 5.41) is 0. The lowest BCUT2D eigenvalue weighted by atomic mass is 10.5. The van der Waals surface area contributed by atoms with E-state index in [2.05, 4.69) is 0 Å². The Hall–Kier alpha value is -0.670. The van der Waals surface area contributed by atoms with Crippen molar-refractivity contribution in [3.63, 3.8) is 0 Å². The number of halogens is 2. The maximum atomic E-state index is 11.5. The molecule has 0 heterocycles. The Morgan fingerprint density at radius 2 is 1.82 bits per heavy atom. The lowest BCUT2D eigenvalue weighted by Crippen LogP contribution is -2.28. The molecule has 0 radical (unpaired) electrons. The van der Waals surface area contributed by atoms with Gasteiger partial charge < -0.3 is 4.90 Å². The van der Waals surface area contributed by atoms with Gasteiger partial charge in [-0.2, -0.15) is 0 Å². The second-order valence-corrected chi connectivity index (χ2v) is 1.79. The van der Waals surface area contributed by atoms with Crippen molar-refractivity contribution >= 4 is 5.91 Å². The van der Waals surface area contributed by atoms with Gasteiger partial charge in [-0.1, -0.05) is 13.8 Å². The van der Waals surface area contributed by atoms with Gasteiger partial charge in [0.1, 0.15) is 0 Å². The van der Waals surface area contributed by atoms with Gasteiger partial charge in [-0.25, -0.2) is 8.78 Å². The quantitative estimate of drug-likeness (QED) is 0.613. The van der Waals surface area contributed by atoms with E-state index in [1.165, 1.54) is 14.0 Å². The fourth-order valence-electron chi connectivity index (χ4n) is 0.336. The summed E-state index contributed by atoms with van der Waals surface area (Å²) in [7, 11) is 1.34. The fourth-order valence-corrected chi connectivity index (χ4v) is 0.336. The molecule has 0 rings (SSSR count). The second kappa shape index (κ2) is 7.44. The minimum atomic E-state index is -2.43. The molecule has 0 spiro atoms. The highest BCUT2D eigenvalue weighted by atomic mass is 19.3. The van der Waals surface area contributed by atoms with Gasteiger partial charge in [0.05, 0.1) is 6.54 Å². The molecule has 0 saturated heterocycles. The predicted octanol–water partition coefficient (Wildman–Crippen LogP) is 1.76. The van der Waals surface area contributed by atoms with Crippen LogP contribution < -0.4 is 0 Å². The number of amides is 1. The first-order chi connectivity index (χ1) is 5.04. The van der Waals surface area contributed by atoms with Crippen LogP contribution in [-0.4, -0.2) is 30.8 Å². The first-order valence-corrected chi connectivity index (χ1v) is 3.54. The Labute approximate surface area is 66.2 Å². The first-order valence-electron chi connectivity index (χ1n) is 3.54. The topological polar surface area (TPSA) is 20.3 Å². The average molecular weight is 167 g/mol. The standard InChI is InChI=1S/C5H9F2NO.C2H6/c1-4(9)8(2)3-5(6)7;1-2/h5H,3H2,1-2H3;1-2H3. The van der Waals surface area contributed by atoms with Gasteiger partial charge in [0, 0.05) is 14.0 Å². The van der Waals surface area contributed by atoms with E-state index in [4.69, 9.17) is 0 Å². The van der Waals surface area contributed by atoms with Crippen molar-refractivity contribution < 1.29 is 13.6 Å². The molecule has 1 amide bonds. The molecule has 2 nitrogen and oxygen atoms in total. The molecule has 0 unspecified atom stereocenters. The number of carbonyl (C=O) groups excluding carboxylic acids is 1. The number of hydrogen-bond acceptors (Lipinski definition) is 1. The van der Waals surface area contributed by atoms with Gasteiger partial charge in [-0.3, -0.25) is 4.79 Å². The van der Waals surface area contributed by atoms with E-state index in [-0.39, 0.29) is 5.91 Å². The van der Waals surface area contributed by atoms with E-state index >= 15 is 0 Å². The van der Waals surface area contributed by atoms with Gasteiger partial charge >= 0.3 is 0 Å². The zero-order valence-corrected chi connectivity index (χ0v) is 7.40. The Kier molecular flexibility index (Phi) is 8.76. The summed E-state index contributed by atoms with van der Waals surface area (Å²) in [6.45, 7) is 4.78. The zero-order valence-electron chi connectivity index (χ0n) is 7.40. The van der Waals surface area contributed by atoms with Crippen LogP contribution in [0.4, 0.5) is 8.78 Å². The van der Waals surface area contributed by atoms with E-state index < -0.39 is 13.0 Å². The SMILES string of the molecule is CC.CC(=O)N(C)CC(F)F. The Bertz CT molecular complexity index is 107.